The summed E-state index contributed by atoms with van der Waals surface area (Å²) in [6.45, 7) is 1.21. The zero-order chi connectivity index (χ0) is 18.0. The SMILES string of the molecule is COc1ccccc1C1(c2nnc(-c3ccc(F)cc3)o2)CCOCC1. The lowest BCUT2D eigenvalue weighted by molar-refractivity contribution is 0.0538. The van der Waals surface area contributed by atoms with Gasteiger partial charge in [0.1, 0.15) is 11.6 Å². The molecular weight excluding hydrogens is 335 g/mol. The van der Waals surface area contributed by atoms with Crippen molar-refractivity contribution in [2.75, 3.05) is 20.3 Å². The minimum atomic E-state index is -0.462. The molecule has 0 aliphatic carbocycles. The lowest BCUT2D eigenvalue weighted by atomic mass is 9.73. The fourth-order valence-corrected chi connectivity index (χ4v) is 3.48. The van der Waals surface area contributed by atoms with Gasteiger partial charge in [0.25, 0.3) is 0 Å². The minimum Gasteiger partial charge on any atom is -0.496 e. The molecule has 4 rings (SSSR count). The van der Waals surface area contributed by atoms with Crippen LogP contribution >= 0.6 is 0 Å². The summed E-state index contributed by atoms with van der Waals surface area (Å²) in [7, 11) is 1.66. The van der Waals surface area contributed by atoms with Crippen LogP contribution in [0.15, 0.2) is 52.9 Å². The zero-order valence-electron chi connectivity index (χ0n) is 14.4. The predicted octanol–water partition coefficient (Wildman–Crippen LogP) is 3.98. The highest BCUT2D eigenvalue weighted by Crippen LogP contribution is 2.44. The Morgan fingerprint density at radius 2 is 1.73 bits per heavy atom. The van der Waals surface area contributed by atoms with Crippen LogP contribution in [-0.4, -0.2) is 30.5 Å². The lowest BCUT2D eigenvalue weighted by Gasteiger charge is -2.35. The number of aromatic nitrogens is 2. The van der Waals surface area contributed by atoms with Gasteiger partial charge < -0.3 is 13.9 Å². The van der Waals surface area contributed by atoms with E-state index >= 15 is 0 Å². The number of methoxy groups -OCH3 is 1. The molecule has 0 atom stereocenters. The number of nitrogens with zero attached hydrogens (tertiary/aromatic N) is 2. The Kier molecular flexibility index (Phi) is 4.42. The molecule has 1 aliphatic rings. The molecule has 1 aliphatic heterocycles. The van der Waals surface area contributed by atoms with Gasteiger partial charge in [-0.05, 0) is 43.2 Å². The lowest BCUT2D eigenvalue weighted by Crippen LogP contribution is -2.35. The number of para-hydroxylation sites is 1. The van der Waals surface area contributed by atoms with Crippen LogP contribution in [0.5, 0.6) is 5.75 Å². The topological polar surface area (TPSA) is 57.4 Å². The van der Waals surface area contributed by atoms with Crippen LogP contribution in [0, 0.1) is 5.82 Å². The van der Waals surface area contributed by atoms with E-state index in [4.69, 9.17) is 13.9 Å². The van der Waals surface area contributed by atoms with Crippen LogP contribution in [-0.2, 0) is 10.2 Å². The highest BCUT2D eigenvalue weighted by atomic mass is 19.1. The molecule has 0 unspecified atom stereocenters. The largest absolute Gasteiger partial charge is 0.496 e. The first-order chi connectivity index (χ1) is 12.7. The van der Waals surface area contributed by atoms with Gasteiger partial charge in [0.15, 0.2) is 0 Å². The molecule has 0 bridgehead atoms. The monoisotopic (exact) mass is 354 g/mol. The van der Waals surface area contributed by atoms with Gasteiger partial charge >= 0.3 is 0 Å². The summed E-state index contributed by atoms with van der Waals surface area (Å²) in [6, 6.07) is 13.9. The van der Waals surface area contributed by atoms with Crippen molar-refractivity contribution in [3.63, 3.8) is 0 Å². The Morgan fingerprint density at radius 3 is 2.46 bits per heavy atom. The van der Waals surface area contributed by atoms with Gasteiger partial charge in [-0.3, -0.25) is 0 Å². The molecule has 3 aromatic rings. The van der Waals surface area contributed by atoms with Crippen molar-refractivity contribution in [1.29, 1.82) is 0 Å². The summed E-state index contributed by atoms with van der Waals surface area (Å²) in [5.41, 5.74) is 1.24. The summed E-state index contributed by atoms with van der Waals surface area (Å²) < 4.78 is 30.4. The molecule has 0 N–H and O–H groups in total. The first-order valence-corrected chi connectivity index (χ1v) is 8.54. The van der Waals surface area contributed by atoms with Gasteiger partial charge in [-0.1, -0.05) is 18.2 Å². The first kappa shape index (κ1) is 16.7. The number of benzene rings is 2. The number of halogens is 1. The molecule has 6 heteroatoms. The maximum absolute atomic E-state index is 13.2. The molecule has 26 heavy (non-hydrogen) atoms. The van der Waals surface area contributed by atoms with Crippen LogP contribution in [0.1, 0.15) is 24.3 Å². The smallest absolute Gasteiger partial charge is 0.247 e. The van der Waals surface area contributed by atoms with Gasteiger partial charge in [0.2, 0.25) is 11.8 Å². The van der Waals surface area contributed by atoms with Crippen LogP contribution in [0.3, 0.4) is 0 Å². The molecule has 1 saturated heterocycles. The maximum atomic E-state index is 13.2. The average Bonchev–Trinajstić information content (AvgIpc) is 3.20. The van der Waals surface area contributed by atoms with E-state index in [9.17, 15) is 4.39 Å². The summed E-state index contributed by atoms with van der Waals surface area (Å²) in [4.78, 5) is 0. The van der Waals surface area contributed by atoms with Gasteiger partial charge in [0, 0.05) is 24.3 Å². The Bertz CT molecular complexity index is 886. The second-order valence-electron chi connectivity index (χ2n) is 6.31. The average molecular weight is 354 g/mol. The van der Waals surface area contributed by atoms with Gasteiger partial charge in [0.05, 0.1) is 12.5 Å². The third-order valence-electron chi connectivity index (χ3n) is 4.89. The van der Waals surface area contributed by atoms with E-state index in [-0.39, 0.29) is 5.82 Å². The van der Waals surface area contributed by atoms with E-state index in [0.717, 1.165) is 24.2 Å². The van der Waals surface area contributed by atoms with Crippen molar-refractivity contribution in [1.82, 2.24) is 10.2 Å². The highest BCUT2D eigenvalue weighted by Gasteiger charge is 2.43. The fourth-order valence-electron chi connectivity index (χ4n) is 3.48. The van der Waals surface area contributed by atoms with Crippen LogP contribution in [0.4, 0.5) is 4.39 Å². The molecule has 5 nitrogen and oxygen atoms in total. The summed E-state index contributed by atoms with van der Waals surface area (Å²) in [6.07, 6.45) is 1.44. The Labute approximate surface area is 150 Å². The highest BCUT2D eigenvalue weighted by molar-refractivity contribution is 5.53. The molecule has 0 saturated carbocycles. The van der Waals surface area contributed by atoms with Crippen molar-refractivity contribution in [2.45, 2.75) is 18.3 Å². The molecule has 1 fully saturated rings. The Morgan fingerprint density at radius 1 is 1.00 bits per heavy atom. The van der Waals surface area contributed by atoms with E-state index in [2.05, 4.69) is 10.2 Å². The molecule has 2 aromatic carbocycles. The molecule has 1 aromatic heterocycles. The Hall–Kier alpha value is -2.73. The third kappa shape index (κ3) is 2.86. The second-order valence-corrected chi connectivity index (χ2v) is 6.31. The number of rotatable bonds is 4. The van der Waals surface area contributed by atoms with Crippen molar-refractivity contribution >= 4 is 0 Å². The van der Waals surface area contributed by atoms with Crippen LogP contribution in [0.2, 0.25) is 0 Å². The van der Waals surface area contributed by atoms with Crippen molar-refractivity contribution in [3.05, 3.63) is 65.8 Å². The van der Waals surface area contributed by atoms with Crippen molar-refractivity contribution in [2.24, 2.45) is 0 Å². The molecule has 0 spiro atoms. The minimum absolute atomic E-state index is 0.302. The van der Waals surface area contributed by atoms with Gasteiger partial charge in [-0.25, -0.2) is 4.39 Å². The molecule has 0 amide bonds. The predicted molar refractivity (Wildman–Crippen MR) is 93.5 cm³/mol. The molecule has 134 valence electrons. The normalized spacial score (nSPS) is 16.4. The summed E-state index contributed by atoms with van der Waals surface area (Å²) in [5, 5.41) is 8.54. The molecule has 0 radical (unpaired) electrons. The van der Waals surface area contributed by atoms with Gasteiger partial charge in [-0.15, -0.1) is 10.2 Å². The fraction of sp³-hybridized carbons (Fsp3) is 0.300. The molecular formula is C20H19FN2O3. The number of hydrogen-bond acceptors (Lipinski definition) is 5. The van der Waals surface area contributed by atoms with E-state index < -0.39 is 5.41 Å². The first-order valence-electron chi connectivity index (χ1n) is 8.54. The van der Waals surface area contributed by atoms with Crippen LogP contribution < -0.4 is 4.74 Å². The second kappa shape index (κ2) is 6.88. The van der Waals surface area contributed by atoms with Crippen molar-refractivity contribution < 1.29 is 18.3 Å². The number of ether oxygens (including phenoxy) is 2. The third-order valence-corrected chi connectivity index (χ3v) is 4.89. The van der Waals surface area contributed by atoms with E-state index in [0.29, 0.717) is 30.6 Å². The van der Waals surface area contributed by atoms with E-state index in [1.54, 1.807) is 19.2 Å². The maximum Gasteiger partial charge on any atom is 0.247 e. The number of hydrogen-bond donors (Lipinski definition) is 0. The summed E-state index contributed by atoms with van der Waals surface area (Å²) >= 11 is 0. The Balaban J connectivity index is 1.80. The van der Waals surface area contributed by atoms with E-state index in [1.807, 2.05) is 24.3 Å². The summed E-state index contributed by atoms with van der Waals surface area (Å²) in [5.74, 6) is 1.39. The standard InChI is InChI=1S/C20H19FN2O3/c1-24-17-5-3-2-4-16(17)20(10-12-25-13-11-20)19-23-22-18(26-19)14-6-8-15(21)9-7-14/h2-9H,10-13H2,1H3. The molecule has 2 heterocycles. The quantitative estimate of drug-likeness (QED) is 0.709. The van der Waals surface area contributed by atoms with E-state index in [1.165, 1.54) is 12.1 Å². The zero-order valence-corrected chi connectivity index (χ0v) is 14.4. The van der Waals surface area contributed by atoms with Crippen LogP contribution in [0.25, 0.3) is 11.5 Å². The van der Waals surface area contributed by atoms with Crippen molar-refractivity contribution in [3.8, 4) is 17.2 Å². The van der Waals surface area contributed by atoms with Gasteiger partial charge in [-0.2, -0.15) is 0 Å².